The van der Waals surface area contributed by atoms with Crippen molar-refractivity contribution in [2.75, 3.05) is 13.2 Å². The Kier molecular flexibility index (Phi) is 6.31. The predicted octanol–water partition coefficient (Wildman–Crippen LogP) is 2.80. The van der Waals surface area contributed by atoms with Crippen LogP contribution in [-0.2, 0) is 10.0 Å². The molecular weight excluding hydrogens is 262 g/mol. The molecule has 1 aromatic carbocycles. The Morgan fingerprint density at radius 2 is 1.84 bits per heavy atom. The van der Waals surface area contributed by atoms with Crippen LogP contribution in [0.5, 0.6) is 5.75 Å². The first-order chi connectivity index (χ1) is 8.95. The normalized spacial score (nSPS) is 11.8. The van der Waals surface area contributed by atoms with Crippen molar-refractivity contribution in [1.82, 2.24) is 4.72 Å². The monoisotopic (exact) mass is 285 g/mol. The van der Waals surface area contributed by atoms with Crippen molar-refractivity contribution in [3.05, 3.63) is 24.3 Å². The molecule has 0 unspecified atom stereocenters. The Bertz CT molecular complexity index is 466. The largest absolute Gasteiger partial charge is 0.493 e. The van der Waals surface area contributed by atoms with Crippen LogP contribution in [0.1, 0.15) is 33.6 Å². The Balaban J connectivity index is 2.64. The maximum atomic E-state index is 11.9. The topological polar surface area (TPSA) is 55.4 Å². The third kappa shape index (κ3) is 5.61. The van der Waals surface area contributed by atoms with Gasteiger partial charge in [-0.25, -0.2) is 13.1 Å². The van der Waals surface area contributed by atoms with E-state index < -0.39 is 10.0 Å². The molecule has 0 saturated heterocycles. The number of hydrogen-bond donors (Lipinski definition) is 1. The summed E-state index contributed by atoms with van der Waals surface area (Å²) in [7, 11) is -3.39. The molecule has 0 aliphatic carbocycles. The van der Waals surface area contributed by atoms with Gasteiger partial charge in [-0.3, -0.25) is 0 Å². The molecule has 0 fully saturated rings. The first-order valence-electron chi connectivity index (χ1n) is 6.68. The zero-order valence-corrected chi connectivity index (χ0v) is 12.7. The van der Waals surface area contributed by atoms with Crippen molar-refractivity contribution in [2.24, 2.45) is 5.92 Å². The van der Waals surface area contributed by atoms with E-state index in [0.29, 0.717) is 24.8 Å². The van der Waals surface area contributed by atoms with Gasteiger partial charge in [0.05, 0.1) is 11.5 Å². The van der Waals surface area contributed by atoms with Crippen molar-refractivity contribution in [3.8, 4) is 5.75 Å². The van der Waals surface area contributed by atoms with Gasteiger partial charge in [-0.15, -0.1) is 0 Å². The Morgan fingerprint density at radius 3 is 2.37 bits per heavy atom. The molecule has 5 heteroatoms. The molecular formula is C14H23NO3S. The second-order valence-electron chi connectivity index (χ2n) is 4.93. The van der Waals surface area contributed by atoms with Crippen molar-refractivity contribution in [3.63, 3.8) is 0 Å². The van der Waals surface area contributed by atoms with Crippen LogP contribution in [0.2, 0.25) is 0 Å². The predicted molar refractivity (Wildman–Crippen MR) is 76.9 cm³/mol. The summed E-state index contributed by atoms with van der Waals surface area (Å²) in [5.41, 5.74) is 0. The van der Waals surface area contributed by atoms with Crippen molar-refractivity contribution in [2.45, 2.75) is 38.5 Å². The highest BCUT2D eigenvalue weighted by Crippen LogP contribution is 2.16. The molecule has 0 atom stereocenters. The summed E-state index contributed by atoms with van der Waals surface area (Å²) < 4.78 is 32.0. The second kappa shape index (κ2) is 7.50. The van der Waals surface area contributed by atoms with Gasteiger partial charge in [0.25, 0.3) is 0 Å². The summed E-state index contributed by atoms with van der Waals surface area (Å²) in [4.78, 5) is 0.278. The molecule has 4 nitrogen and oxygen atoms in total. The standard InChI is InChI=1S/C14H23NO3S/c1-4-5-10-15-19(16,17)14-8-6-13(7-9-14)18-11-12(2)3/h6-9,12,15H,4-5,10-11H2,1-3H3. The van der Waals surface area contributed by atoms with E-state index in [-0.39, 0.29) is 4.90 Å². The minimum absolute atomic E-state index is 0.278. The number of unbranched alkanes of at least 4 members (excludes halogenated alkanes) is 1. The number of ether oxygens (including phenoxy) is 1. The number of nitrogens with one attached hydrogen (secondary N) is 1. The zero-order valence-electron chi connectivity index (χ0n) is 11.8. The third-order valence-electron chi connectivity index (χ3n) is 2.54. The van der Waals surface area contributed by atoms with Crippen LogP contribution in [0, 0.1) is 5.92 Å². The van der Waals surface area contributed by atoms with Crippen LogP contribution in [0.25, 0.3) is 0 Å². The summed E-state index contributed by atoms with van der Waals surface area (Å²) in [6, 6.07) is 6.53. The highest BCUT2D eigenvalue weighted by atomic mass is 32.2. The SMILES string of the molecule is CCCCNS(=O)(=O)c1ccc(OCC(C)C)cc1. The van der Waals surface area contributed by atoms with Crippen molar-refractivity contribution < 1.29 is 13.2 Å². The maximum absolute atomic E-state index is 11.9. The summed E-state index contributed by atoms with van der Waals surface area (Å²) in [6.07, 6.45) is 1.80. The van der Waals surface area contributed by atoms with Crippen LogP contribution in [-0.4, -0.2) is 21.6 Å². The van der Waals surface area contributed by atoms with Gasteiger partial charge < -0.3 is 4.74 Å². The molecule has 1 rings (SSSR count). The lowest BCUT2D eigenvalue weighted by Gasteiger charge is -2.10. The fraction of sp³-hybridized carbons (Fsp3) is 0.571. The van der Waals surface area contributed by atoms with Crippen molar-refractivity contribution >= 4 is 10.0 Å². The number of rotatable bonds is 8. The minimum Gasteiger partial charge on any atom is -0.493 e. The van der Waals surface area contributed by atoms with Gasteiger partial charge in [0.1, 0.15) is 5.75 Å². The third-order valence-corrected chi connectivity index (χ3v) is 4.02. The van der Waals surface area contributed by atoms with Gasteiger partial charge in [0.2, 0.25) is 10.0 Å². The smallest absolute Gasteiger partial charge is 0.240 e. The molecule has 0 saturated carbocycles. The maximum Gasteiger partial charge on any atom is 0.240 e. The van der Waals surface area contributed by atoms with Crippen LogP contribution in [0.4, 0.5) is 0 Å². The number of sulfonamides is 1. The van der Waals surface area contributed by atoms with Gasteiger partial charge in [-0.1, -0.05) is 27.2 Å². The van der Waals surface area contributed by atoms with E-state index in [1.807, 2.05) is 6.92 Å². The van der Waals surface area contributed by atoms with Gasteiger partial charge in [0.15, 0.2) is 0 Å². The molecule has 0 bridgehead atoms. The first-order valence-corrected chi connectivity index (χ1v) is 8.16. The molecule has 0 radical (unpaired) electrons. The van der Waals surface area contributed by atoms with Gasteiger partial charge in [-0.2, -0.15) is 0 Å². The van der Waals surface area contributed by atoms with Crippen LogP contribution >= 0.6 is 0 Å². The molecule has 108 valence electrons. The molecule has 1 aromatic rings. The summed E-state index contributed by atoms with van der Waals surface area (Å²) in [6.45, 7) is 7.26. The van der Waals surface area contributed by atoms with Crippen molar-refractivity contribution in [1.29, 1.82) is 0 Å². The Labute approximate surface area is 116 Å². The lowest BCUT2D eigenvalue weighted by molar-refractivity contribution is 0.271. The molecule has 0 amide bonds. The highest BCUT2D eigenvalue weighted by Gasteiger charge is 2.12. The quantitative estimate of drug-likeness (QED) is 0.747. The van der Waals surface area contributed by atoms with Gasteiger partial charge in [0, 0.05) is 6.54 Å². The minimum atomic E-state index is -3.39. The fourth-order valence-electron chi connectivity index (χ4n) is 1.44. The Hall–Kier alpha value is -1.07. The van der Waals surface area contributed by atoms with E-state index in [9.17, 15) is 8.42 Å². The lowest BCUT2D eigenvalue weighted by Crippen LogP contribution is -2.24. The molecule has 0 heterocycles. The van der Waals surface area contributed by atoms with Crippen LogP contribution in [0.3, 0.4) is 0 Å². The van der Waals surface area contributed by atoms with E-state index >= 15 is 0 Å². The molecule has 0 aromatic heterocycles. The van der Waals surface area contributed by atoms with E-state index in [4.69, 9.17) is 4.74 Å². The first kappa shape index (κ1) is 16.0. The Morgan fingerprint density at radius 1 is 1.21 bits per heavy atom. The van der Waals surface area contributed by atoms with E-state index in [1.165, 1.54) is 0 Å². The molecule has 0 aliphatic rings. The molecule has 0 spiro atoms. The number of hydrogen-bond acceptors (Lipinski definition) is 3. The van der Waals surface area contributed by atoms with E-state index in [1.54, 1.807) is 24.3 Å². The highest BCUT2D eigenvalue weighted by molar-refractivity contribution is 7.89. The zero-order chi connectivity index (χ0) is 14.3. The summed E-state index contributed by atoms with van der Waals surface area (Å²) in [5.74, 6) is 1.14. The molecule has 1 N–H and O–H groups in total. The summed E-state index contributed by atoms with van der Waals surface area (Å²) in [5, 5.41) is 0. The number of benzene rings is 1. The average Bonchev–Trinajstić information content (AvgIpc) is 2.37. The summed E-state index contributed by atoms with van der Waals surface area (Å²) >= 11 is 0. The van der Waals surface area contributed by atoms with Crippen LogP contribution in [0.15, 0.2) is 29.2 Å². The lowest BCUT2D eigenvalue weighted by atomic mass is 10.2. The van der Waals surface area contributed by atoms with Gasteiger partial charge in [-0.05, 0) is 36.6 Å². The fourth-order valence-corrected chi connectivity index (χ4v) is 2.52. The van der Waals surface area contributed by atoms with E-state index in [2.05, 4.69) is 18.6 Å². The van der Waals surface area contributed by atoms with Crippen LogP contribution < -0.4 is 9.46 Å². The second-order valence-corrected chi connectivity index (χ2v) is 6.69. The van der Waals surface area contributed by atoms with E-state index in [0.717, 1.165) is 12.8 Å². The molecule has 0 aliphatic heterocycles. The average molecular weight is 285 g/mol. The molecule has 19 heavy (non-hydrogen) atoms. The van der Waals surface area contributed by atoms with Gasteiger partial charge >= 0.3 is 0 Å².